The van der Waals surface area contributed by atoms with E-state index in [0.29, 0.717) is 0 Å². The van der Waals surface area contributed by atoms with Crippen LogP contribution in [0.2, 0.25) is 0 Å². The van der Waals surface area contributed by atoms with Crippen LogP contribution in [0.4, 0.5) is 15.9 Å². The summed E-state index contributed by atoms with van der Waals surface area (Å²) >= 11 is 0. The molecule has 0 radical (unpaired) electrons. The third-order valence-electron chi connectivity index (χ3n) is 1.96. The molecule has 0 atom stereocenters. The second-order valence-electron chi connectivity index (χ2n) is 2.92. The van der Waals surface area contributed by atoms with Crippen LogP contribution in [-0.2, 0) is 0 Å². The molecule has 2 aromatic rings. The molecule has 0 spiro atoms. The van der Waals surface area contributed by atoms with Gasteiger partial charge in [0, 0.05) is 5.56 Å². The van der Waals surface area contributed by atoms with Crippen molar-refractivity contribution in [2.45, 2.75) is 0 Å². The number of aromatic nitrogens is 3. The Morgan fingerprint density at radius 1 is 1.07 bits per heavy atom. The largest absolute Gasteiger partial charge is 0.394 e. The van der Waals surface area contributed by atoms with Gasteiger partial charge in [-0.1, -0.05) is 12.1 Å². The summed E-state index contributed by atoms with van der Waals surface area (Å²) in [5, 5.41) is 10.5. The highest BCUT2D eigenvalue weighted by Gasteiger charge is 2.12. The molecule has 0 saturated heterocycles. The van der Waals surface area contributed by atoms with Gasteiger partial charge in [-0.3, -0.25) is 0 Å². The molecule has 0 aliphatic rings. The summed E-state index contributed by atoms with van der Waals surface area (Å²) in [5.74, 6) is -0.382. The molecular formula is C9H8FN5. The second kappa shape index (κ2) is 3.49. The number of halogens is 1. The van der Waals surface area contributed by atoms with Crippen molar-refractivity contribution >= 4 is 11.5 Å². The fraction of sp³-hybridized carbons (Fsp3) is 0. The minimum atomic E-state index is -0.427. The van der Waals surface area contributed by atoms with E-state index in [1.54, 1.807) is 18.2 Å². The SMILES string of the molecule is Nc1nnnc(-c2ccccc2F)c1N. The van der Waals surface area contributed by atoms with Gasteiger partial charge in [0.2, 0.25) is 0 Å². The summed E-state index contributed by atoms with van der Waals surface area (Å²) in [4.78, 5) is 0. The molecular weight excluding hydrogens is 197 g/mol. The summed E-state index contributed by atoms with van der Waals surface area (Å²) in [6, 6.07) is 6.12. The molecule has 1 aromatic heterocycles. The molecule has 0 unspecified atom stereocenters. The molecule has 15 heavy (non-hydrogen) atoms. The molecule has 1 aromatic carbocycles. The number of rotatable bonds is 1. The Kier molecular flexibility index (Phi) is 2.17. The zero-order chi connectivity index (χ0) is 10.8. The molecule has 2 rings (SSSR count). The quantitative estimate of drug-likeness (QED) is 0.719. The maximum absolute atomic E-state index is 13.4. The van der Waals surface area contributed by atoms with E-state index in [1.807, 2.05) is 0 Å². The van der Waals surface area contributed by atoms with Gasteiger partial charge in [-0.25, -0.2) is 4.39 Å². The van der Waals surface area contributed by atoms with Gasteiger partial charge < -0.3 is 11.5 Å². The van der Waals surface area contributed by atoms with Gasteiger partial charge >= 0.3 is 0 Å². The van der Waals surface area contributed by atoms with Crippen LogP contribution in [0.15, 0.2) is 24.3 Å². The van der Waals surface area contributed by atoms with Crippen molar-refractivity contribution in [3.63, 3.8) is 0 Å². The average Bonchev–Trinajstić information content (AvgIpc) is 2.23. The van der Waals surface area contributed by atoms with Crippen molar-refractivity contribution in [2.75, 3.05) is 11.5 Å². The van der Waals surface area contributed by atoms with E-state index < -0.39 is 5.82 Å². The molecule has 1 heterocycles. The molecule has 0 bridgehead atoms. The zero-order valence-electron chi connectivity index (χ0n) is 7.68. The number of hydrogen-bond donors (Lipinski definition) is 2. The summed E-state index contributed by atoms with van der Waals surface area (Å²) in [6.45, 7) is 0. The van der Waals surface area contributed by atoms with E-state index in [-0.39, 0.29) is 22.8 Å². The first kappa shape index (κ1) is 9.32. The molecule has 76 valence electrons. The van der Waals surface area contributed by atoms with Crippen LogP contribution in [0.1, 0.15) is 0 Å². The van der Waals surface area contributed by atoms with Crippen LogP contribution in [-0.4, -0.2) is 15.4 Å². The highest BCUT2D eigenvalue weighted by atomic mass is 19.1. The summed E-state index contributed by atoms with van der Waals surface area (Å²) in [7, 11) is 0. The van der Waals surface area contributed by atoms with E-state index in [2.05, 4.69) is 15.4 Å². The van der Waals surface area contributed by atoms with Crippen LogP contribution in [0, 0.1) is 5.82 Å². The molecule has 0 fully saturated rings. The van der Waals surface area contributed by atoms with E-state index in [1.165, 1.54) is 6.07 Å². The van der Waals surface area contributed by atoms with Crippen molar-refractivity contribution < 1.29 is 4.39 Å². The Balaban J connectivity index is 2.65. The number of benzene rings is 1. The topological polar surface area (TPSA) is 90.7 Å². The smallest absolute Gasteiger partial charge is 0.173 e. The Labute approximate surface area is 84.9 Å². The molecule has 0 saturated carbocycles. The second-order valence-corrected chi connectivity index (χ2v) is 2.92. The Morgan fingerprint density at radius 3 is 2.53 bits per heavy atom. The first-order valence-corrected chi connectivity index (χ1v) is 4.19. The number of nitrogens with two attached hydrogens (primary N) is 2. The van der Waals surface area contributed by atoms with Gasteiger partial charge in [0.25, 0.3) is 0 Å². The lowest BCUT2D eigenvalue weighted by Crippen LogP contribution is -2.05. The van der Waals surface area contributed by atoms with E-state index in [9.17, 15) is 4.39 Å². The van der Waals surface area contributed by atoms with Crippen molar-refractivity contribution in [1.82, 2.24) is 15.4 Å². The predicted molar refractivity (Wildman–Crippen MR) is 54.0 cm³/mol. The Hall–Kier alpha value is -2.24. The van der Waals surface area contributed by atoms with Crippen LogP contribution < -0.4 is 11.5 Å². The highest BCUT2D eigenvalue weighted by molar-refractivity contribution is 5.78. The minimum Gasteiger partial charge on any atom is -0.394 e. The van der Waals surface area contributed by atoms with E-state index >= 15 is 0 Å². The molecule has 0 aliphatic heterocycles. The fourth-order valence-electron chi connectivity index (χ4n) is 1.20. The maximum atomic E-state index is 13.4. The lowest BCUT2D eigenvalue weighted by molar-refractivity contribution is 0.630. The lowest BCUT2D eigenvalue weighted by Gasteiger charge is -2.05. The standard InChI is InChI=1S/C9H8FN5/c10-6-4-2-1-3-5(6)8-7(11)9(12)14-15-13-8/h1-4H,(H2,11,15)(H2,12,13,14). The number of anilines is 2. The van der Waals surface area contributed by atoms with Gasteiger partial charge in [-0.2, -0.15) is 0 Å². The zero-order valence-corrected chi connectivity index (χ0v) is 7.68. The number of nitrogens with zero attached hydrogens (tertiary/aromatic N) is 3. The van der Waals surface area contributed by atoms with Crippen molar-refractivity contribution in [1.29, 1.82) is 0 Å². The van der Waals surface area contributed by atoms with Gasteiger partial charge in [-0.05, 0) is 17.3 Å². The van der Waals surface area contributed by atoms with Gasteiger partial charge in [-0.15, -0.1) is 10.2 Å². The molecule has 6 heteroatoms. The average molecular weight is 205 g/mol. The lowest BCUT2D eigenvalue weighted by atomic mass is 10.1. The van der Waals surface area contributed by atoms with E-state index in [4.69, 9.17) is 11.5 Å². The predicted octanol–water partition coefficient (Wildman–Crippen LogP) is 0.842. The van der Waals surface area contributed by atoms with Gasteiger partial charge in [0.15, 0.2) is 5.82 Å². The maximum Gasteiger partial charge on any atom is 0.173 e. The molecule has 5 nitrogen and oxygen atoms in total. The van der Waals surface area contributed by atoms with Crippen LogP contribution >= 0.6 is 0 Å². The van der Waals surface area contributed by atoms with Crippen molar-refractivity contribution in [2.24, 2.45) is 0 Å². The number of hydrogen-bond acceptors (Lipinski definition) is 5. The molecule has 0 aliphatic carbocycles. The van der Waals surface area contributed by atoms with Crippen LogP contribution in [0.5, 0.6) is 0 Å². The molecule has 0 amide bonds. The van der Waals surface area contributed by atoms with Crippen molar-refractivity contribution in [3.05, 3.63) is 30.1 Å². The Bertz CT molecular complexity index is 500. The third-order valence-corrected chi connectivity index (χ3v) is 1.96. The first-order chi connectivity index (χ1) is 7.20. The normalized spacial score (nSPS) is 10.2. The summed E-state index contributed by atoms with van der Waals surface area (Å²) in [5.41, 5.74) is 11.7. The first-order valence-electron chi connectivity index (χ1n) is 4.19. The van der Waals surface area contributed by atoms with Gasteiger partial charge in [0.1, 0.15) is 17.2 Å². The third kappa shape index (κ3) is 1.56. The Morgan fingerprint density at radius 2 is 1.80 bits per heavy atom. The monoisotopic (exact) mass is 205 g/mol. The van der Waals surface area contributed by atoms with E-state index in [0.717, 1.165) is 0 Å². The molecule has 4 N–H and O–H groups in total. The number of nitrogen functional groups attached to an aromatic ring is 2. The van der Waals surface area contributed by atoms with Crippen LogP contribution in [0.25, 0.3) is 11.3 Å². The fourth-order valence-corrected chi connectivity index (χ4v) is 1.20. The highest BCUT2D eigenvalue weighted by Crippen LogP contribution is 2.27. The van der Waals surface area contributed by atoms with Gasteiger partial charge in [0.05, 0.1) is 0 Å². The summed E-state index contributed by atoms with van der Waals surface area (Å²) < 4.78 is 13.4. The minimum absolute atomic E-state index is 0.0447. The van der Waals surface area contributed by atoms with Crippen LogP contribution in [0.3, 0.4) is 0 Å². The summed E-state index contributed by atoms with van der Waals surface area (Å²) in [6.07, 6.45) is 0. The van der Waals surface area contributed by atoms with Crippen molar-refractivity contribution in [3.8, 4) is 11.3 Å².